The Labute approximate surface area is 175 Å². The lowest BCUT2D eigenvalue weighted by molar-refractivity contribution is 0.0195. The molecule has 3 aliphatic rings. The molecule has 8 heteroatoms. The Morgan fingerprint density at radius 2 is 1.69 bits per heavy atom. The maximum absolute atomic E-state index is 5.47. The zero-order valence-electron chi connectivity index (χ0n) is 16.2. The maximum atomic E-state index is 5.47. The zero-order chi connectivity index (χ0) is 17.3. The first-order chi connectivity index (χ1) is 12.4. The van der Waals surface area contributed by atoms with E-state index in [0.717, 1.165) is 78.2 Å². The predicted octanol–water partition coefficient (Wildman–Crippen LogP) is 0.699. The van der Waals surface area contributed by atoms with Crippen LogP contribution in [0.5, 0.6) is 0 Å². The molecule has 3 fully saturated rings. The van der Waals surface area contributed by atoms with E-state index >= 15 is 0 Å². The van der Waals surface area contributed by atoms with E-state index in [1.54, 1.807) is 0 Å². The highest BCUT2D eigenvalue weighted by molar-refractivity contribution is 14.0. The van der Waals surface area contributed by atoms with Crippen LogP contribution in [0.2, 0.25) is 0 Å². The molecule has 1 atom stereocenters. The van der Waals surface area contributed by atoms with Crippen LogP contribution in [0.4, 0.5) is 0 Å². The molecular formula is C18H36IN5O2. The van der Waals surface area contributed by atoms with Crippen LogP contribution in [0.15, 0.2) is 4.99 Å². The Hall–Kier alpha value is -0.160. The van der Waals surface area contributed by atoms with Gasteiger partial charge in [0.2, 0.25) is 0 Å². The smallest absolute Gasteiger partial charge is 0.193 e. The molecule has 3 saturated heterocycles. The Morgan fingerprint density at radius 3 is 2.38 bits per heavy atom. The highest BCUT2D eigenvalue weighted by Gasteiger charge is 2.30. The van der Waals surface area contributed by atoms with Crippen molar-refractivity contribution >= 4 is 29.9 Å². The lowest BCUT2D eigenvalue weighted by Gasteiger charge is -2.32. The summed E-state index contributed by atoms with van der Waals surface area (Å²) in [7, 11) is 1.90. The van der Waals surface area contributed by atoms with Crippen LogP contribution >= 0.6 is 24.0 Å². The van der Waals surface area contributed by atoms with E-state index in [4.69, 9.17) is 9.47 Å². The molecule has 3 rings (SSSR count). The van der Waals surface area contributed by atoms with E-state index in [0.29, 0.717) is 6.04 Å². The van der Waals surface area contributed by atoms with E-state index in [2.05, 4.69) is 25.0 Å². The molecule has 7 nitrogen and oxygen atoms in total. The third kappa shape index (κ3) is 6.78. The Balaban J connectivity index is 0.00000243. The van der Waals surface area contributed by atoms with Gasteiger partial charge in [0.1, 0.15) is 0 Å². The number of nitrogens with zero attached hydrogens (tertiary/aromatic N) is 4. The Kier molecular flexibility index (Phi) is 10.5. The molecule has 0 spiro atoms. The van der Waals surface area contributed by atoms with Gasteiger partial charge < -0.3 is 19.7 Å². The largest absolute Gasteiger partial charge is 0.379 e. The van der Waals surface area contributed by atoms with Gasteiger partial charge in [0, 0.05) is 58.9 Å². The van der Waals surface area contributed by atoms with Crippen molar-refractivity contribution in [3.8, 4) is 0 Å². The Bertz CT molecular complexity index is 414. The van der Waals surface area contributed by atoms with Crippen molar-refractivity contribution in [1.82, 2.24) is 20.0 Å². The van der Waals surface area contributed by atoms with Crippen LogP contribution in [0.1, 0.15) is 19.3 Å². The molecule has 0 bridgehead atoms. The van der Waals surface area contributed by atoms with Crippen molar-refractivity contribution in [2.24, 2.45) is 4.99 Å². The van der Waals surface area contributed by atoms with Crippen LogP contribution < -0.4 is 5.32 Å². The van der Waals surface area contributed by atoms with Crippen molar-refractivity contribution < 1.29 is 9.47 Å². The van der Waals surface area contributed by atoms with E-state index in [1.807, 2.05) is 7.05 Å². The fraction of sp³-hybridized carbons (Fsp3) is 0.944. The number of guanidine groups is 1. The summed E-state index contributed by atoms with van der Waals surface area (Å²) >= 11 is 0. The van der Waals surface area contributed by atoms with Gasteiger partial charge in [-0.3, -0.25) is 14.8 Å². The standard InChI is InChI=1S/C18H35N5O2.HI/c1-19-18(20-5-2-3-6-21-8-12-24-13-9-21)23-7-4-17(16-23)22-10-14-25-15-11-22;/h17H,2-16H2,1H3,(H,19,20);1H. The van der Waals surface area contributed by atoms with Crippen molar-refractivity contribution in [3.05, 3.63) is 0 Å². The van der Waals surface area contributed by atoms with E-state index in [9.17, 15) is 0 Å². The number of morpholine rings is 2. The van der Waals surface area contributed by atoms with Gasteiger partial charge in [-0.25, -0.2) is 0 Å². The highest BCUT2D eigenvalue weighted by atomic mass is 127. The highest BCUT2D eigenvalue weighted by Crippen LogP contribution is 2.17. The average molecular weight is 481 g/mol. The first-order valence-corrected chi connectivity index (χ1v) is 9.94. The van der Waals surface area contributed by atoms with E-state index in [1.165, 1.54) is 25.8 Å². The van der Waals surface area contributed by atoms with Crippen LogP contribution in [-0.2, 0) is 9.47 Å². The second-order valence-corrected chi connectivity index (χ2v) is 7.17. The van der Waals surface area contributed by atoms with Gasteiger partial charge in [0.25, 0.3) is 0 Å². The number of ether oxygens (including phenoxy) is 2. The predicted molar refractivity (Wildman–Crippen MR) is 116 cm³/mol. The van der Waals surface area contributed by atoms with Gasteiger partial charge in [0.05, 0.1) is 26.4 Å². The molecule has 0 aromatic rings. The minimum Gasteiger partial charge on any atom is -0.379 e. The topological polar surface area (TPSA) is 52.6 Å². The van der Waals surface area contributed by atoms with Crippen molar-refractivity contribution in [2.75, 3.05) is 85.8 Å². The number of likely N-dealkylation sites (tertiary alicyclic amines) is 1. The molecule has 152 valence electrons. The van der Waals surface area contributed by atoms with E-state index < -0.39 is 0 Å². The number of unbranched alkanes of at least 4 members (excludes halogenated alkanes) is 1. The van der Waals surface area contributed by atoms with Gasteiger partial charge in [-0.15, -0.1) is 24.0 Å². The Morgan fingerprint density at radius 1 is 1.00 bits per heavy atom. The average Bonchev–Trinajstić information content (AvgIpc) is 3.16. The third-order valence-electron chi connectivity index (χ3n) is 5.52. The molecule has 0 radical (unpaired) electrons. The van der Waals surface area contributed by atoms with Gasteiger partial charge in [-0.1, -0.05) is 0 Å². The molecule has 26 heavy (non-hydrogen) atoms. The van der Waals surface area contributed by atoms with Crippen molar-refractivity contribution in [2.45, 2.75) is 25.3 Å². The first kappa shape index (κ1) is 22.1. The summed E-state index contributed by atoms with van der Waals surface area (Å²) in [6, 6.07) is 0.656. The summed E-state index contributed by atoms with van der Waals surface area (Å²) in [5, 5.41) is 3.56. The molecule has 0 saturated carbocycles. The summed E-state index contributed by atoms with van der Waals surface area (Å²) in [5.74, 6) is 1.07. The molecule has 3 aliphatic heterocycles. The summed E-state index contributed by atoms with van der Waals surface area (Å²) in [4.78, 5) is 12.0. The molecular weight excluding hydrogens is 445 g/mol. The molecule has 0 aromatic carbocycles. The van der Waals surface area contributed by atoms with Crippen molar-refractivity contribution in [1.29, 1.82) is 0 Å². The van der Waals surface area contributed by atoms with Gasteiger partial charge >= 0.3 is 0 Å². The first-order valence-electron chi connectivity index (χ1n) is 9.94. The van der Waals surface area contributed by atoms with Crippen LogP contribution in [-0.4, -0.2) is 113 Å². The summed E-state index contributed by atoms with van der Waals surface area (Å²) in [6.07, 6.45) is 3.66. The second kappa shape index (κ2) is 12.3. The number of hydrogen-bond donors (Lipinski definition) is 1. The summed E-state index contributed by atoms with van der Waals surface area (Å²) in [5.41, 5.74) is 0. The SMILES string of the molecule is CN=C(NCCCCN1CCOCC1)N1CCC(N2CCOCC2)C1.I. The number of nitrogens with one attached hydrogen (secondary N) is 1. The van der Waals surface area contributed by atoms with E-state index in [-0.39, 0.29) is 24.0 Å². The molecule has 1 N–H and O–H groups in total. The van der Waals surface area contributed by atoms with Gasteiger partial charge in [-0.2, -0.15) is 0 Å². The number of halogens is 1. The van der Waals surface area contributed by atoms with Crippen LogP contribution in [0, 0.1) is 0 Å². The minimum absolute atomic E-state index is 0. The molecule has 0 aliphatic carbocycles. The zero-order valence-corrected chi connectivity index (χ0v) is 18.5. The molecule has 0 amide bonds. The monoisotopic (exact) mass is 481 g/mol. The molecule has 3 heterocycles. The van der Waals surface area contributed by atoms with Gasteiger partial charge in [0.15, 0.2) is 5.96 Å². The van der Waals surface area contributed by atoms with Crippen molar-refractivity contribution in [3.63, 3.8) is 0 Å². The third-order valence-corrected chi connectivity index (χ3v) is 5.52. The van der Waals surface area contributed by atoms with Crippen LogP contribution in [0.25, 0.3) is 0 Å². The molecule has 0 aromatic heterocycles. The van der Waals surface area contributed by atoms with Gasteiger partial charge in [-0.05, 0) is 25.8 Å². The number of hydrogen-bond acceptors (Lipinski definition) is 5. The minimum atomic E-state index is 0. The fourth-order valence-electron chi connectivity index (χ4n) is 3.99. The quantitative estimate of drug-likeness (QED) is 0.261. The summed E-state index contributed by atoms with van der Waals surface area (Å²) < 4.78 is 10.9. The second-order valence-electron chi connectivity index (χ2n) is 7.17. The molecule has 1 unspecified atom stereocenters. The lowest BCUT2D eigenvalue weighted by atomic mass is 10.2. The summed E-state index contributed by atoms with van der Waals surface area (Å²) in [6.45, 7) is 12.3. The lowest BCUT2D eigenvalue weighted by Crippen LogP contribution is -2.46. The number of rotatable bonds is 6. The number of aliphatic imine (C=N–C) groups is 1. The van der Waals surface area contributed by atoms with Crippen LogP contribution in [0.3, 0.4) is 0 Å². The normalized spacial score (nSPS) is 26.0. The fourth-order valence-corrected chi connectivity index (χ4v) is 3.99. The maximum Gasteiger partial charge on any atom is 0.193 e.